The lowest BCUT2D eigenvalue weighted by atomic mass is 10.1. The molecule has 1 aromatic rings. The summed E-state index contributed by atoms with van der Waals surface area (Å²) in [5.74, 6) is -1.22. The minimum atomic E-state index is -0.536. The van der Waals surface area contributed by atoms with Gasteiger partial charge in [0.1, 0.15) is 10.9 Å². The highest BCUT2D eigenvalue weighted by Gasteiger charge is 2.42. The molecule has 26 heavy (non-hydrogen) atoms. The minimum Gasteiger partial charge on any atom is -0.465 e. The van der Waals surface area contributed by atoms with Crippen molar-refractivity contribution < 1.29 is 19.1 Å². The van der Waals surface area contributed by atoms with Gasteiger partial charge in [-0.3, -0.25) is 19.3 Å². The first-order valence-corrected chi connectivity index (χ1v) is 9.96. The lowest BCUT2D eigenvalue weighted by Crippen LogP contribution is -2.34. The van der Waals surface area contributed by atoms with Gasteiger partial charge in [0.15, 0.2) is 0 Å². The van der Waals surface area contributed by atoms with E-state index in [1.54, 1.807) is 11.8 Å². The van der Waals surface area contributed by atoms with Crippen molar-refractivity contribution in [1.82, 2.24) is 4.90 Å². The summed E-state index contributed by atoms with van der Waals surface area (Å²) in [5.41, 5.74) is 1.76. The zero-order valence-electron chi connectivity index (χ0n) is 14.1. The van der Waals surface area contributed by atoms with E-state index in [2.05, 4.69) is 15.9 Å². The molecule has 136 valence electrons. The predicted octanol–water partition coefficient (Wildman–Crippen LogP) is 2.95. The number of carbonyl (C=O) groups excluding carboxylic acids is 3. The molecule has 0 N–H and O–H groups in total. The second-order valence-electron chi connectivity index (χ2n) is 5.48. The van der Waals surface area contributed by atoms with Crippen molar-refractivity contribution in [2.45, 2.75) is 13.8 Å². The van der Waals surface area contributed by atoms with Crippen LogP contribution < -0.4 is 4.90 Å². The molecule has 9 heteroatoms. The van der Waals surface area contributed by atoms with Crippen molar-refractivity contribution in [2.75, 3.05) is 24.6 Å². The maximum Gasteiger partial charge on any atom is 0.326 e. The molecule has 0 aromatic heterocycles. The number of halogens is 1. The first-order valence-electron chi connectivity index (χ1n) is 7.94. The van der Waals surface area contributed by atoms with E-state index in [-0.39, 0.29) is 28.3 Å². The number of amides is 2. The molecule has 2 aliphatic heterocycles. The molecule has 1 fully saturated rings. The maximum atomic E-state index is 12.9. The highest BCUT2D eigenvalue weighted by Crippen LogP contribution is 2.45. The third kappa shape index (κ3) is 3.19. The molecular formula is C17H15BrN2O4S2. The van der Waals surface area contributed by atoms with Crippen LogP contribution in [0.15, 0.2) is 27.6 Å². The van der Waals surface area contributed by atoms with E-state index in [0.29, 0.717) is 17.7 Å². The van der Waals surface area contributed by atoms with E-state index in [9.17, 15) is 14.4 Å². The molecule has 0 spiro atoms. The largest absolute Gasteiger partial charge is 0.465 e. The van der Waals surface area contributed by atoms with Gasteiger partial charge >= 0.3 is 5.97 Å². The number of carbonyl (C=O) groups is 3. The van der Waals surface area contributed by atoms with Gasteiger partial charge in [-0.25, -0.2) is 0 Å². The third-order valence-electron chi connectivity index (χ3n) is 3.96. The molecule has 1 saturated heterocycles. The van der Waals surface area contributed by atoms with Crippen molar-refractivity contribution in [1.29, 1.82) is 0 Å². The van der Waals surface area contributed by atoms with Crippen molar-refractivity contribution in [3.05, 3.63) is 33.1 Å². The Morgan fingerprint density at radius 3 is 2.62 bits per heavy atom. The fourth-order valence-electron chi connectivity index (χ4n) is 2.86. The number of thiocarbonyl (C=S) groups is 1. The van der Waals surface area contributed by atoms with E-state index in [1.807, 2.05) is 25.1 Å². The average Bonchev–Trinajstić information content (AvgIpc) is 3.01. The van der Waals surface area contributed by atoms with Gasteiger partial charge in [-0.15, -0.1) is 0 Å². The normalized spacial score (nSPS) is 19.4. The van der Waals surface area contributed by atoms with Gasteiger partial charge in [-0.1, -0.05) is 39.9 Å². The average molecular weight is 455 g/mol. The topological polar surface area (TPSA) is 66.9 Å². The van der Waals surface area contributed by atoms with Gasteiger partial charge in [-0.05, 0) is 32.0 Å². The van der Waals surface area contributed by atoms with Crippen LogP contribution in [0.4, 0.5) is 5.69 Å². The number of hydrogen-bond donors (Lipinski definition) is 0. The van der Waals surface area contributed by atoms with E-state index in [0.717, 1.165) is 21.9 Å². The molecule has 0 unspecified atom stereocenters. The van der Waals surface area contributed by atoms with Crippen LogP contribution in [0.3, 0.4) is 0 Å². The van der Waals surface area contributed by atoms with Gasteiger partial charge in [0.2, 0.25) is 0 Å². The van der Waals surface area contributed by atoms with Gasteiger partial charge in [0.05, 0.1) is 22.8 Å². The maximum absolute atomic E-state index is 12.9. The molecular weight excluding hydrogens is 440 g/mol. The SMILES string of the molecule is CCOC(=O)CN1C(=O)/C(=C2/C(=O)N(CC)c3ccc(Br)cc32)SC1=S. The van der Waals surface area contributed by atoms with Gasteiger partial charge in [0.25, 0.3) is 11.8 Å². The monoisotopic (exact) mass is 454 g/mol. The van der Waals surface area contributed by atoms with Gasteiger partial charge in [-0.2, -0.15) is 0 Å². The Kier molecular flexibility index (Phi) is 5.50. The number of hydrogen-bond acceptors (Lipinski definition) is 6. The number of thioether (sulfide) groups is 1. The highest BCUT2D eigenvalue weighted by atomic mass is 79.9. The summed E-state index contributed by atoms with van der Waals surface area (Å²) < 4.78 is 5.94. The molecule has 1 aromatic carbocycles. The van der Waals surface area contributed by atoms with Crippen LogP contribution in [-0.4, -0.2) is 46.7 Å². The summed E-state index contributed by atoms with van der Waals surface area (Å²) in [6.07, 6.45) is 0. The molecule has 0 bridgehead atoms. The number of esters is 1. The summed E-state index contributed by atoms with van der Waals surface area (Å²) in [5, 5.41) is 0. The Hall–Kier alpha value is -1.71. The zero-order chi connectivity index (χ0) is 19.0. The summed E-state index contributed by atoms with van der Waals surface area (Å²) >= 11 is 9.70. The quantitative estimate of drug-likeness (QED) is 0.395. The second-order valence-corrected chi connectivity index (χ2v) is 8.04. The van der Waals surface area contributed by atoms with Crippen molar-refractivity contribution >= 4 is 73.3 Å². The molecule has 0 radical (unpaired) electrons. The molecule has 6 nitrogen and oxygen atoms in total. The Bertz CT molecular complexity index is 868. The van der Waals surface area contributed by atoms with Crippen LogP contribution >= 0.6 is 39.9 Å². The number of ether oxygens (including phenoxy) is 1. The van der Waals surface area contributed by atoms with Crippen LogP contribution in [0.2, 0.25) is 0 Å². The van der Waals surface area contributed by atoms with Gasteiger partial charge in [0, 0.05) is 16.6 Å². The molecule has 0 saturated carbocycles. The lowest BCUT2D eigenvalue weighted by Gasteiger charge is -2.14. The van der Waals surface area contributed by atoms with Crippen molar-refractivity contribution in [3.8, 4) is 0 Å². The Labute approximate surface area is 168 Å². The van der Waals surface area contributed by atoms with E-state index < -0.39 is 11.9 Å². The van der Waals surface area contributed by atoms with Crippen LogP contribution in [0.1, 0.15) is 19.4 Å². The molecule has 3 rings (SSSR count). The van der Waals surface area contributed by atoms with Crippen LogP contribution in [0.5, 0.6) is 0 Å². The fraction of sp³-hybridized carbons (Fsp3) is 0.294. The summed E-state index contributed by atoms with van der Waals surface area (Å²) in [6, 6.07) is 5.51. The van der Waals surface area contributed by atoms with E-state index >= 15 is 0 Å². The Morgan fingerprint density at radius 1 is 1.23 bits per heavy atom. The van der Waals surface area contributed by atoms with E-state index in [4.69, 9.17) is 17.0 Å². The second kappa shape index (κ2) is 7.50. The molecule has 2 aliphatic rings. The lowest BCUT2D eigenvalue weighted by molar-refractivity contribution is -0.145. The van der Waals surface area contributed by atoms with Crippen LogP contribution in [0.25, 0.3) is 5.57 Å². The minimum absolute atomic E-state index is 0.222. The number of likely N-dealkylation sites (N-methyl/N-ethyl adjacent to an activating group) is 1. The number of anilines is 1. The van der Waals surface area contributed by atoms with Gasteiger partial charge < -0.3 is 9.64 Å². The predicted molar refractivity (Wildman–Crippen MR) is 108 cm³/mol. The zero-order valence-corrected chi connectivity index (χ0v) is 17.3. The number of rotatable bonds is 4. The number of nitrogens with zero attached hydrogens (tertiary/aromatic N) is 2. The molecule has 2 amide bonds. The fourth-order valence-corrected chi connectivity index (χ4v) is 4.55. The summed E-state index contributed by atoms with van der Waals surface area (Å²) in [4.78, 5) is 40.5. The summed E-state index contributed by atoms with van der Waals surface area (Å²) in [6.45, 7) is 4.01. The molecule has 0 atom stereocenters. The Balaban J connectivity index is 2.04. The first kappa shape index (κ1) is 19.1. The first-order chi connectivity index (χ1) is 12.4. The smallest absolute Gasteiger partial charge is 0.326 e. The van der Waals surface area contributed by atoms with Crippen molar-refractivity contribution in [2.24, 2.45) is 0 Å². The van der Waals surface area contributed by atoms with E-state index in [1.165, 1.54) is 4.90 Å². The Morgan fingerprint density at radius 2 is 1.96 bits per heavy atom. The molecule has 2 heterocycles. The number of fused-ring (bicyclic) bond motifs is 1. The number of benzene rings is 1. The van der Waals surface area contributed by atoms with Crippen LogP contribution in [0, 0.1) is 0 Å². The van der Waals surface area contributed by atoms with Crippen LogP contribution in [-0.2, 0) is 19.1 Å². The standard InChI is InChI=1S/C17H15BrN2O4S2/c1-3-19-11-6-5-9(18)7-10(11)13(15(19)22)14-16(23)20(17(25)26-14)8-12(21)24-4-2/h5-7H,3-4,8H2,1-2H3/b14-13-. The third-order valence-corrected chi connectivity index (χ3v) is 5.90. The highest BCUT2D eigenvalue weighted by molar-refractivity contribution is 9.10. The molecule has 0 aliphatic carbocycles. The summed E-state index contributed by atoms with van der Waals surface area (Å²) in [7, 11) is 0. The van der Waals surface area contributed by atoms with Crippen molar-refractivity contribution in [3.63, 3.8) is 0 Å².